The summed E-state index contributed by atoms with van der Waals surface area (Å²) in [6.45, 7) is 3.71. The highest BCUT2D eigenvalue weighted by Crippen LogP contribution is 2.11. The number of nitrogens with one attached hydrogen (secondary N) is 1. The minimum Gasteiger partial charge on any atom is -0.364 e. The lowest BCUT2D eigenvalue weighted by Gasteiger charge is -2.10. The van der Waals surface area contributed by atoms with E-state index in [1.807, 2.05) is 30.3 Å². The van der Waals surface area contributed by atoms with Crippen molar-refractivity contribution < 1.29 is 0 Å². The standard InChI is InChI=1S/C10H10NS/c1-2-10(11-8-12)9-6-4-3-5-7-9/h2-7,10H,1H2,(H,11,12). The van der Waals surface area contributed by atoms with Crippen molar-refractivity contribution in [1.82, 2.24) is 5.32 Å². The number of benzene rings is 1. The molecule has 0 saturated heterocycles. The van der Waals surface area contributed by atoms with Gasteiger partial charge in [-0.3, -0.25) is 0 Å². The third-order valence-corrected chi connectivity index (χ3v) is 1.73. The van der Waals surface area contributed by atoms with Crippen LogP contribution in [0.4, 0.5) is 0 Å². The van der Waals surface area contributed by atoms with Crippen LogP contribution in [-0.2, 0) is 0 Å². The molecule has 1 aromatic rings. The fraction of sp³-hybridized carbons (Fsp3) is 0.100. The lowest BCUT2D eigenvalue weighted by molar-refractivity contribution is 0.813. The smallest absolute Gasteiger partial charge is 0.134 e. The summed E-state index contributed by atoms with van der Waals surface area (Å²) < 4.78 is 0. The first-order chi connectivity index (χ1) is 5.88. The zero-order valence-electron chi connectivity index (χ0n) is 6.66. The molecule has 2 heteroatoms. The van der Waals surface area contributed by atoms with Gasteiger partial charge in [0.15, 0.2) is 0 Å². The van der Waals surface area contributed by atoms with Gasteiger partial charge >= 0.3 is 0 Å². The van der Waals surface area contributed by atoms with Gasteiger partial charge in [-0.2, -0.15) is 0 Å². The van der Waals surface area contributed by atoms with Gasteiger partial charge < -0.3 is 5.32 Å². The van der Waals surface area contributed by atoms with Gasteiger partial charge in [0.1, 0.15) is 5.49 Å². The van der Waals surface area contributed by atoms with Gasteiger partial charge in [-0.1, -0.05) is 48.6 Å². The van der Waals surface area contributed by atoms with Crippen molar-refractivity contribution >= 4 is 17.7 Å². The summed E-state index contributed by atoms with van der Waals surface area (Å²) in [4.78, 5) is 0. The molecule has 1 aromatic carbocycles. The molecule has 0 heterocycles. The molecule has 0 aromatic heterocycles. The van der Waals surface area contributed by atoms with Crippen LogP contribution in [0.3, 0.4) is 0 Å². The highest BCUT2D eigenvalue weighted by atomic mass is 32.1. The average Bonchev–Trinajstić information content (AvgIpc) is 2.15. The molecular weight excluding hydrogens is 166 g/mol. The number of hydrogen-bond donors (Lipinski definition) is 1. The highest BCUT2D eigenvalue weighted by Gasteiger charge is 2.02. The van der Waals surface area contributed by atoms with E-state index in [2.05, 4.69) is 29.6 Å². The number of rotatable bonds is 4. The Morgan fingerprint density at radius 1 is 1.42 bits per heavy atom. The van der Waals surface area contributed by atoms with Gasteiger partial charge in [0.25, 0.3) is 0 Å². The zero-order chi connectivity index (χ0) is 8.81. The van der Waals surface area contributed by atoms with Crippen LogP contribution in [-0.4, -0.2) is 5.49 Å². The quantitative estimate of drug-likeness (QED) is 0.429. The van der Waals surface area contributed by atoms with Crippen LogP contribution in [0.5, 0.6) is 0 Å². The lowest BCUT2D eigenvalue weighted by atomic mass is 10.1. The van der Waals surface area contributed by atoms with Crippen LogP contribution in [0.1, 0.15) is 11.6 Å². The Morgan fingerprint density at radius 3 is 2.58 bits per heavy atom. The van der Waals surface area contributed by atoms with Crippen LogP contribution in [0.2, 0.25) is 0 Å². The summed E-state index contributed by atoms with van der Waals surface area (Å²) >= 11 is 4.59. The molecule has 1 radical (unpaired) electrons. The van der Waals surface area contributed by atoms with Gasteiger partial charge in [0.05, 0.1) is 6.04 Å². The van der Waals surface area contributed by atoms with E-state index in [0.717, 1.165) is 5.56 Å². The van der Waals surface area contributed by atoms with Crippen molar-refractivity contribution in [3.8, 4) is 0 Å². The molecule has 1 atom stereocenters. The molecule has 0 amide bonds. The summed E-state index contributed by atoms with van der Waals surface area (Å²) in [5.41, 5.74) is 3.62. The predicted molar refractivity (Wildman–Crippen MR) is 55.1 cm³/mol. The molecule has 0 aliphatic heterocycles. The van der Waals surface area contributed by atoms with Crippen LogP contribution in [0.25, 0.3) is 0 Å². The molecule has 12 heavy (non-hydrogen) atoms. The summed E-state index contributed by atoms with van der Waals surface area (Å²) in [7, 11) is 0. The van der Waals surface area contributed by atoms with Gasteiger partial charge in [-0.05, 0) is 5.56 Å². The minimum absolute atomic E-state index is 0.0729. The first kappa shape index (κ1) is 8.94. The Kier molecular flexibility index (Phi) is 3.48. The summed E-state index contributed by atoms with van der Waals surface area (Å²) in [5, 5.41) is 2.90. The van der Waals surface area contributed by atoms with Crippen LogP contribution >= 0.6 is 12.2 Å². The molecule has 0 spiro atoms. The first-order valence-electron chi connectivity index (χ1n) is 3.68. The van der Waals surface area contributed by atoms with Gasteiger partial charge in [0, 0.05) is 0 Å². The molecule has 0 aliphatic carbocycles. The molecule has 0 bridgehead atoms. The summed E-state index contributed by atoms with van der Waals surface area (Å²) in [6.07, 6.45) is 1.80. The van der Waals surface area contributed by atoms with Crippen molar-refractivity contribution in [3.05, 3.63) is 48.6 Å². The van der Waals surface area contributed by atoms with Gasteiger partial charge in [-0.15, -0.1) is 6.58 Å². The average molecular weight is 176 g/mol. The Bertz CT molecular complexity index is 256. The normalized spacial score (nSPS) is 11.7. The van der Waals surface area contributed by atoms with Crippen LogP contribution in [0.15, 0.2) is 43.0 Å². The number of hydrogen-bond acceptors (Lipinski definition) is 1. The predicted octanol–water partition coefficient (Wildman–Crippen LogP) is 2.34. The van der Waals surface area contributed by atoms with E-state index >= 15 is 0 Å². The first-order valence-corrected chi connectivity index (χ1v) is 4.09. The van der Waals surface area contributed by atoms with Gasteiger partial charge in [0.2, 0.25) is 0 Å². The maximum absolute atomic E-state index is 4.59. The van der Waals surface area contributed by atoms with Crippen LogP contribution in [0, 0.1) is 0 Å². The SMILES string of the molecule is C=CC(N[C]=S)c1ccccc1. The maximum atomic E-state index is 4.59. The van der Waals surface area contributed by atoms with E-state index in [9.17, 15) is 0 Å². The van der Waals surface area contributed by atoms with Crippen molar-refractivity contribution in [3.63, 3.8) is 0 Å². The topological polar surface area (TPSA) is 12.0 Å². The van der Waals surface area contributed by atoms with Gasteiger partial charge in [-0.25, -0.2) is 0 Å². The van der Waals surface area contributed by atoms with E-state index in [-0.39, 0.29) is 6.04 Å². The molecular formula is C10H10NS. The van der Waals surface area contributed by atoms with E-state index in [1.54, 1.807) is 6.08 Å². The molecule has 1 rings (SSSR count). The molecule has 61 valence electrons. The number of thiocarbonyl (C=S) groups is 1. The molecule has 1 nitrogen and oxygen atoms in total. The van der Waals surface area contributed by atoms with E-state index in [4.69, 9.17) is 0 Å². The molecule has 0 saturated carbocycles. The van der Waals surface area contributed by atoms with Crippen molar-refractivity contribution in [2.24, 2.45) is 0 Å². The van der Waals surface area contributed by atoms with Crippen LogP contribution < -0.4 is 5.32 Å². The Balaban J connectivity index is 2.79. The Labute approximate surface area is 78.1 Å². The summed E-state index contributed by atoms with van der Waals surface area (Å²) in [6, 6.07) is 10.1. The van der Waals surface area contributed by atoms with E-state index in [1.165, 1.54) is 0 Å². The Morgan fingerprint density at radius 2 is 2.08 bits per heavy atom. The third kappa shape index (κ3) is 2.17. The molecule has 0 aliphatic rings. The van der Waals surface area contributed by atoms with E-state index in [0.29, 0.717) is 0 Å². The highest BCUT2D eigenvalue weighted by molar-refractivity contribution is 7.78. The second-order valence-corrected chi connectivity index (χ2v) is 2.57. The molecule has 1 N–H and O–H groups in total. The lowest BCUT2D eigenvalue weighted by Crippen LogP contribution is -2.15. The molecule has 0 fully saturated rings. The fourth-order valence-corrected chi connectivity index (χ4v) is 1.13. The second-order valence-electron chi connectivity index (χ2n) is 2.37. The van der Waals surface area contributed by atoms with E-state index < -0.39 is 0 Å². The molecule has 1 unspecified atom stereocenters. The van der Waals surface area contributed by atoms with Crippen molar-refractivity contribution in [1.29, 1.82) is 0 Å². The maximum Gasteiger partial charge on any atom is 0.134 e. The minimum atomic E-state index is 0.0729. The monoisotopic (exact) mass is 176 g/mol. The third-order valence-electron chi connectivity index (χ3n) is 1.61. The summed E-state index contributed by atoms with van der Waals surface area (Å²) in [5.74, 6) is 0. The zero-order valence-corrected chi connectivity index (χ0v) is 7.47. The van der Waals surface area contributed by atoms with Crippen molar-refractivity contribution in [2.45, 2.75) is 6.04 Å². The second kappa shape index (κ2) is 4.67. The Hall–Kier alpha value is -1.15. The largest absolute Gasteiger partial charge is 0.364 e. The van der Waals surface area contributed by atoms with Crippen molar-refractivity contribution in [2.75, 3.05) is 0 Å². The fourth-order valence-electron chi connectivity index (χ4n) is 1.00.